The van der Waals surface area contributed by atoms with Gasteiger partial charge in [-0.2, -0.15) is 0 Å². The Morgan fingerprint density at radius 3 is 2.79 bits per heavy atom. The third kappa shape index (κ3) is 4.85. The minimum Gasteiger partial charge on any atom is -0.466 e. The van der Waals surface area contributed by atoms with Crippen molar-refractivity contribution in [1.82, 2.24) is 4.90 Å². The van der Waals surface area contributed by atoms with Crippen LogP contribution >= 0.6 is 0 Å². The highest BCUT2D eigenvalue weighted by Crippen LogP contribution is 2.19. The number of carbonyl (C=O) groups is 3. The minimum atomic E-state index is -0.350. The third-order valence-corrected chi connectivity index (χ3v) is 3.19. The van der Waals surface area contributed by atoms with Crippen molar-refractivity contribution >= 4 is 17.7 Å². The zero-order valence-electron chi connectivity index (χ0n) is 11.4. The highest BCUT2D eigenvalue weighted by Gasteiger charge is 2.28. The summed E-state index contributed by atoms with van der Waals surface area (Å²) < 4.78 is 4.75. The number of esters is 1. The average molecular weight is 267 g/mol. The lowest BCUT2D eigenvalue weighted by atomic mass is 10.1. The second-order valence-corrected chi connectivity index (χ2v) is 4.52. The fourth-order valence-corrected chi connectivity index (χ4v) is 2.14. The lowest BCUT2D eigenvalue weighted by molar-refractivity contribution is -0.144. The molecule has 0 aromatic heterocycles. The van der Waals surface area contributed by atoms with Gasteiger partial charge in [0.25, 0.3) is 0 Å². The van der Waals surface area contributed by atoms with Crippen molar-refractivity contribution in [3.63, 3.8) is 0 Å². The van der Waals surface area contributed by atoms with Gasteiger partial charge in [-0.3, -0.25) is 14.4 Å². The van der Waals surface area contributed by atoms with Crippen LogP contribution in [0, 0.1) is 0 Å². The highest BCUT2D eigenvalue weighted by molar-refractivity contribution is 5.84. The molecule has 1 saturated heterocycles. The molecule has 0 bridgehead atoms. The van der Waals surface area contributed by atoms with Crippen LogP contribution in [-0.2, 0) is 19.1 Å². The van der Waals surface area contributed by atoms with E-state index in [1.54, 1.807) is 17.9 Å². The molecule has 1 fully saturated rings. The molecular weight excluding hydrogens is 246 g/mol. The Morgan fingerprint density at radius 1 is 1.42 bits per heavy atom. The van der Waals surface area contributed by atoms with Gasteiger partial charge in [-0.25, -0.2) is 0 Å². The standard InChI is InChI=1S/C14H21NO4/c1-3-11-5-7-13(17)15(11)10-9-12(16)6-8-14(18)19-4-2/h3,11H,1,4-10H2,2H3. The van der Waals surface area contributed by atoms with Crippen LogP contribution in [0.1, 0.15) is 39.0 Å². The Labute approximate surface area is 113 Å². The topological polar surface area (TPSA) is 63.7 Å². The third-order valence-electron chi connectivity index (χ3n) is 3.19. The van der Waals surface area contributed by atoms with E-state index in [1.165, 1.54) is 0 Å². The smallest absolute Gasteiger partial charge is 0.306 e. The SMILES string of the molecule is C=CC1CCC(=O)N1CCC(=O)CCC(=O)OCC. The molecule has 0 aromatic rings. The van der Waals surface area contributed by atoms with Crippen molar-refractivity contribution in [2.24, 2.45) is 0 Å². The maximum Gasteiger partial charge on any atom is 0.306 e. The van der Waals surface area contributed by atoms with Crippen LogP contribution in [0.4, 0.5) is 0 Å². The van der Waals surface area contributed by atoms with Gasteiger partial charge in [0.2, 0.25) is 5.91 Å². The molecule has 1 rings (SSSR count). The maximum absolute atomic E-state index is 11.6. The van der Waals surface area contributed by atoms with Crippen molar-refractivity contribution in [3.8, 4) is 0 Å². The second-order valence-electron chi connectivity index (χ2n) is 4.52. The van der Waals surface area contributed by atoms with E-state index in [0.717, 1.165) is 6.42 Å². The van der Waals surface area contributed by atoms with E-state index >= 15 is 0 Å². The number of amides is 1. The number of rotatable bonds is 8. The van der Waals surface area contributed by atoms with Crippen molar-refractivity contribution in [1.29, 1.82) is 0 Å². The van der Waals surface area contributed by atoms with Gasteiger partial charge in [0, 0.05) is 25.8 Å². The van der Waals surface area contributed by atoms with Crippen LogP contribution < -0.4 is 0 Å². The van der Waals surface area contributed by atoms with E-state index in [2.05, 4.69) is 6.58 Å². The molecule has 1 amide bonds. The number of hydrogen-bond acceptors (Lipinski definition) is 4. The Kier molecular flexibility index (Phi) is 6.25. The maximum atomic E-state index is 11.6. The summed E-state index contributed by atoms with van der Waals surface area (Å²) >= 11 is 0. The number of nitrogens with zero attached hydrogens (tertiary/aromatic N) is 1. The molecule has 0 spiro atoms. The van der Waals surface area contributed by atoms with Crippen LogP contribution in [0.25, 0.3) is 0 Å². The fourth-order valence-electron chi connectivity index (χ4n) is 2.14. The lowest BCUT2D eigenvalue weighted by Crippen LogP contribution is -2.33. The van der Waals surface area contributed by atoms with Crippen molar-refractivity contribution in [3.05, 3.63) is 12.7 Å². The molecule has 1 atom stereocenters. The second kappa shape index (κ2) is 7.71. The van der Waals surface area contributed by atoms with E-state index in [1.807, 2.05) is 0 Å². The molecule has 0 aliphatic carbocycles. The first-order chi connectivity index (χ1) is 9.08. The first-order valence-corrected chi connectivity index (χ1v) is 6.67. The average Bonchev–Trinajstić information content (AvgIpc) is 2.75. The molecule has 1 heterocycles. The summed E-state index contributed by atoms with van der Waals surface area (Å²) in [5.74, 6) is -0.296. The summed E-state index contributed by atoms with van der Waals surface area (Å²) in [6.07, 6.45) is 3.63. The molecule has 106 valence electrons. The Hall–Kier alpha value is -1.65. The van der Waals surface area contributed by atoms with Gasteiger partial charge in [-0.1, -0.05) is 6.08 Å². The van der Waals surface area contributed by atoms with Gasteiger partial charge in [0.1, 0.15) is 5.78 Å². The summed E-state index contributed by atoms with van der Waals surface area (Å²) in [5.41, 5.74) is 0. The Balaban J connectivity index is 2.28. The molecule has 0 radical (unpaired) electrons. The van der Waals surface area contributed by atoms with E-state index in [9.17, 15) is 14.4 Å². The summed E-state index contributed by atoms with van der Waals surface area (Å²) in [5, 5.41) is 0. The predicted octanol–water partition coefficient (Wildman–Crippen LogP) is 1.47. The van der Waals surface area contributed by atoms with Gasteiger partial charge in [0.15, 0.2) is 0 Å². The molecular formula is C14H21NO4. The number of ether oxygens (including phenoxy) is 1. The summed E-state index contributed by atoms with van der Waals surface area (Å²) in [4.78, 5) is 36.0. The monoisotopic (exact) mass is 267 g/mol. The number of likely N-dealkylation sites (tertiary alicyclic amines) is 1. The van der Waals surface area contributed by atoms with Gasteiger partial charge < -0.3 is 9.64 Å². The first kappa shape index (κ1) is 15.4. The van der Waals surface area contributed by atoms with Gasteiger partial charge >= 0.3 is 5.97 Å². The van der Waals surface area contributed by atoms with Gasteiger partial charge in [-0.05, 0) is 13.3 Å². The zero-order chi connectivity index (χ0) is 14.3. The Morgan fingerprint density at radius 2 is 2.16 bits per heavy atom. The van der Waals surface area contributed by atoms with E-state index in [0.29, 0.717) is 19.6 Å². The molecule has 1 unspecified atom stereocenters. The van der Waals surface area contributed by atoms with Crippen LogP contribution in [-0.4, -0.2) is 41.8 Å². The molecule has 1 aliphatic rings. The van der Waals surface area contributed by atoms with Crippen LogP contribution in [0.5, 0.6) is 0 Å². The normalized spacial score (nSPS) is 18.5. The van der Waals surface area contributed by atoms with Crippen LogP contribution in [0.3, 0.4) is 0 Å². The van der Waals surface area contributed by atoms with E-state index in [-0.39, 0.29) is 43.0 Å². The van der Waals surface area contributed by atoms with Crippen LogP contribution in [0.2, 0.25) is 0 Å². The molecule has 19 heavy (non-hydrogen) atoms. The summed E-state index contributed by atoms with van der Waals surface area (Å²) in [6, 6.07) is 0.0466. The minimum absolute atomic E-state index is 0.0180. The molecule has 0 aromatic carbocycles. The predicted molar refractivity (Wildman–Crippen MR) is 70.4 cm³/mol. The van der Waals surface area contributed by atoms with E-state index in [4.69, 9.17) is 4.74 Å². The molecule has 1 aliphatic heterocycles. The molecule has 0 N–H and O–H groups in total. The molecule has 5 heteroatoms. The number of ketones is 1. The van der Waals surface area contributed by atoms with Gasteiger partial charge in [-0.15, -0.1) is 6.58 Å². The number of carbonyl (C=O) groups excluding carboxylic acids is 3. The largest absolute Gasteiger partial charge is 0.466 e. The highest BCUT2D eigenvalue weighted by atomic mass is 16.5. The Bertz CT molecular complexity index is 364. The summed E-state index contributed by atoms with van der Waals surface area (Å²) in [6.45, 7) is 6.17. The van der Waals surface area contributed by atoms with Crippen LogP contribution in [0.15, 0.2) is 12.7 Å². The number of Topliss-reactive ketones (excluding diaryl/α,β-unsaturated/α-hetero) is 1. The van der Waals surface area contributed by atoms with Gasteiger partial charge in [0.05, 0.1) is 19.1 Å². The quantitative estimate of drug-likeness (QED) is 0.493. The fraction of sp³-hybridized carbons (Fsp3) is 0.643. The zero-order valence-corrected chi connectivity index (χ0v) is 11.4. The summed E-state index contributed by atoms with van der Waals surface area (Å²) in [7, 11) is 0. The van der Waals surface area contributed by atoms with E-state index < -0.39 is 0 Å². The molecule has 5 nitrogen and oxygen atoms in total. The van der Waals surface area contributed by atoms with Crippen molar-refractivity contribution < 1.29 is 19.1 Å². The molecule has 0 saturated carbocycles. The van der Waals surface area contributed by atoms with Crippen molar-refractivity contribution in [2.45, 2.75) is 45.1 Å². The lowest BCUT2D eigenvalue weighted by Gasteiger charge is -2.21. The van der Waals surface area contributed by atoms with Crippen molar-refractivity contribution in [2.75, 3.05) is 13.2 Å². The number of hydrogen-bond donors (Lipinski definition) is 0. The first-order valence-electron chi connectivity index (χ1n) is 6.67.